The number of amides is 2. The predicted octanol–water partition coefficient (Wildman–Crippen LogP) is 3.13. The van der Waals surface area contributed by atoms with Crippen LogP contribution < -0.4 is 15.8 Å². The highest BCUT2D eigenvalue weighted by atomic mass is 35.5. The Morgan fingerprint density at radius 2 is 1.97 bits per heavy atom. The van der Waals surface area contributed by atoms with E-state index in [2.05, 4.69) is 15.3 Å². The van der Waals surface area contributed by atoms with Gasteiger partial charge in [-0.25, -0.2) is 14.8 Å². The molecule has 1 aliphatic heterocycles. The lowest BCUT2D eigenvalue weighted by atomic mass is 10.2. The van der Waals surface area contributed by atoms with E-state index in [1.807, 2.05) is 36.9 Å². The highest BCUT2D eigenvalue weighted by molar-refractivity contribution is 6.31. The smallest absolute Gasteiger partial charge is 0.321 e. The van der Waals surface area contributed by atoms with Crippen LogP contribution in [0.3, 0.4) is 0 Å². The monoisotopic (exact) mass is 426 g/mol. The van der Waals surface area contributed by atoms with Crippen LogP contribution in [0, 0.1) is 6.92 Å². The van der Waals surface area contributed by atoms with Gasteiger partial charge in [0.2, 0.25) is 0 Å². The molecule has 3 aromatic rings. The molecule has 30 heavy (non-hydrogen) atoms. The number of nitrogens with zero attached hydrogens (tertiary/aromatic N) is 5. The lowest BCUT2D eigenvalue weighted by Gasteiger charge is -2.35. The van der Waals surface area contributed by atoms with Crippen LogP contribution in [0.1, 0.15) is 12.5 Å². The van der Waals surface area contributed by atoms with Gasteiger partial charge in [0.25, 0.3) is 5.56 Å². The molecule has 0 unspecified atom stereocenters. The molecule has 1 saturated heterocycles. The minimum Gasteiger partial charge on any atom is -0.348 e. The molecule has 2 amide bonds. The van der Waals surface area contributed by atoms with Crippen LogP contribution in [0.2, 0.25) is 5.02 Å². The summed E-state index contributed by atoms with van der Waals surface area (Å²) in [7, 11) is 0. The van der Waals surface area contributed by atoms with Gasteiger partial charge in [-0.05, 0) is 43.7 Å². The predicted molar refractivity (Wildman–Crippen MR) is 118 cm³/mol. The van der Waals surface area contributed by atoms with E-state index in [1.54, 1.807) is 27.8 Å². The van der Waals surface area contributed by atoms with Crippen LogP contribution in [0.5, 0.6) is 0 Å². The lowest BCUT2D eigenvalue weighted by molar-refractivity contribution is 0.208. The van der Waals surface area contributed by atoms with Gasteiger partial charge in [-0.15, -0.1) is 0 Å². The van der Waals surface area contributed by atoms with Crippen molar-refractivity contribution in [1.82, 2.24) is 19.4 Å². The van der Waals surface area contributed by atoms with Crippen molar-refractivity contribution in [2.75, 3.05) is 36.4 Å². The van der Waals surface area contributed by atoms with E-state index in [0.29, 0.717) is 60.4 Å². The summed E-state index contributed by atoms with van der Waals surface area (Å²) >= 11 is 6.04. The third-order valence-electron chi connectivity index (χ3n) is 5.31. The third-order valence-corrected chi connectivity index (χ3v) is 5.54. The molecule has 1 N–H and O–H groups in total. The van der Waals surface area contributed by atoms with E-state index in [1.165, 1.54) is 0 Å². The number of carbonyl (C=O) groups is 1. The summed E-state index contributed by atoms with van der Waals surface area (Å²) in [6, 6.07) is 8.89. The van der Waals surface area contributed by atoms with Crippen molar-refractivity contribution < 1.29 is 4.79 Å². The van der Waals surface area contributed by atoms with Gasteiger partial charge in [-0.3, -0.25) is 9.36 Å². The zero-order chi connectivity index (χ0) is 21.3. The molecule has 2 aromatic heterocycles. The summed E-state index contributed by atoms with van der Waals surface area (Å²) < 4.78 is 1.64. The van der Waals surface area contributed by atoms with Gasteiger partial charge in [-0.2, -0.15) is 0 Å². The second-order valence-corrected chi connectivity index (χ2v) is 7.63. The molecule has 9 heteroatoms. The first-order chi connectivity index (χ1) is 14.5. The maximum atomic E-state index is 13.0. The second-order valence-electron chi connectivity index (χ2n) is 7.19. The summed E-state index contributed by atoms with van der Waals surface area (Å²) in [5, 5.41) is 3.50. The lowest BCUT2D eigenvalue weighted by Crippen LogP contribution is -2.51. The molecule has 156 valence electrons. The molecule has 8 nitrogen and oxygen atoms in total. The highest BCUT2D eigenvalue weighted by Crippen LogP contribution is 2.21. The van der Waals surface area contributed by atoms with Gasteiger partial charge in [0.05, 0.1) is 0 Å². The Labute approximate surface area is 179 Å². The molecule has 1 aliphatic rings. The number of piperazine rings is 1. The van der Waals surface area contributed by atoms with E-state index >= 15 is 0 Å². The van der Waals surface area contributed by atoms with Gasteiger partial charge >= 0.3 is 6.03 Å². The molecule has 0 spiro atoms. The number of hydrogen-bond acceptors (Lipinski definition) is 5. The number of aromatic nitrogens is 3. The van der Waals surface area contributed by atoms with Crippen molar-refractivity contribution in [1.29, 1.82) is 0 Å². The third kappa shape index (κ3) is 3.82. The second kappa shape index (κ2) is 8.31. The normalized spacial score (nSPS) is 14.2. The molecule has 0 saturated carbocycles. The van der Waals surface area contributed by atoms with E-state index in [-0.39, 0.29) is 11.6 Å². The summed E-state index contributed by atoms with van der Waals surface area (Å²) in [5.74, 6) is 0.406. The number of aryl methyl sites for hydroxylation is 2. The van der Waals surface area contributed by atoms with E-state index in [4.69, 9.17) is 11.6 Å². The summed E-state index contributed by atoms with van der Waals surface area (Å²) in [6.45, 7) is 6.39. The summed E-state index contributed by atoms with van der Waals surface area (Å²) in [4.78, 5) is 38.2. The van der Waals surface area contributed by atoms with Crippen molar-refractivity contribution in [2.45, 2.75) is 20.4 Å². The van der Waals surface area contributed by atoms with E-state index < -0.39 is 0 Å². The Morgan fingerprint density at radius 1 is 1.20 bits per heavy atom. The van der Waals surface area contributed by atoms with Crippen molar-refractivity contribution in [2.24, 2.45) is 0 Å². The Balaban J connectivity index is 1.50. The molecule has 4 rings (SSSR count). The number of nitrogens with one attached hydrogen (secondary N) is 1. The Morgan fingerprint density at radius 3 is 2.70 bits per heavy atom. The fourth-order valence-corrected chi connectivity index (χ4v) is 3.78. The van der Waals surface area contributed by atoms with Gasteiger partial charge in [0.15, 0.2) is 11.5 Å². The first-order valence-electron chi connectivity index (χ1n) is 9.90. The minimum atomic E-state index is -0.179. The van der Waals surface area contributed by atoms with Gasteiger partial charge in [-0.1, -0.05) is 17.7 Å². The number of anilines is 2. The number of hydrogen-bond donors (Lipinski definition) is 1. The molecule has 0 aliphatic carbocycles. The van der Waals surface area contributed by atoms with Crippen LogP contribution in [-0.4, -0.2) is 51.6 Å². The molecule has 0 radical (unpaired) electrons. The van der Waals surface area contributed by atoms with Crippen LogP contribution in [0.15, 0.2) is 41.3 Å². The molecule has 1 fully saturated rings. The Bertz CT molecular complexity index is 1150. The average Bonchev–Trinajstić information content (AvgIpc) is 2.76. The van der Waals surface area contributed by atoms with Crippen LogP contribution in [0.25, 0.3) is 11.2 Å². The zero-order valence-corrected chi connectivity index (χ0v) is 17.7. The zero-order valence-electron chi connectivity index (χ0n) is 16.9. The maximum Gasteiger partial charge on any atom is 0.321 e. The van der Waals surface area contributed by atoms with E-state index in [9.17, 15) is 9.59 Å². The molecule has 0 atom stereocenters. The summed E-state index contributed by atoms with van der Waals surface area (Å²) in [6.07, 6.45) is 1.66. The van der Waals surface area contributed by atoms with Crippen molar-refractivity contribution in [3.05, 3.63) is 57.5 Å². The number of benzene rings is 1. The van der Waals surface area contributed by atoms with Crippen LogP contribution in [0.4, 0.5) is 16.3 Å². The number of halogens is 1. The van der Waals surface area contributed by atoms with Gasteiger partial charge in [0, 0.05) is 49.6 Å². The average molecular weight is 427 g/mol. The maximum absolute atomic E-state index is 13.0. The van der Waals surface area contributed by atoms with Crippen LogP contribution in [-0.2, 0) is 6.54 Å². The quantitative estimate of drug-likeness (QED) is 0.695. The van der Waals surface area contributed by atoms with Gasteiger partial charge in [0.1, 0.15) is 5.52 Å². The standard InChI is InChI=1S/C21H23ClN6O2/c1-3-28-18-16(5-4-8-23-18)24-19(20(28)29)26-9-11-27(12-10-26)21(30)25-17-13-15(22)7-6-14(17)2/h4-8,13H,3,9-12H2,1-2H3,(H,25,30). The van der Waals surface area contributed by atoms with Crippen LogP contribution >= 0.6 is 11.6 Å². The largest absolute Gasteiger partial charge is 0.348 e. The topological polar surface area (TPSA) is 83.4 Å². The first-order valence-corrected chi connectivity index (χ1v) is 10.3. The number of carbonyl (C=O) groups excluding carboxylic acids is 1. The number of fused-ring (bicyclic) bond motifs is 1. The minimum absolute atomic E-state index is 0.156. The molecule has 0 bridgehead atoms. The Kier molecular flexibility index (Phi) is 5.59. The fraction of sp³-hybridized carbons (Fsp3) is 0.333. The summed E-state index contributed by atoms with van der Waals surface area (Å²) in [5.41, 5.74) is 2.76. The molecule has 1 aromatic carbocycles. The number of pyridine rings is 1. The first kappa shape index (κ1) is 20.2. The number of urea groups is 1. The SMILES string of the molecule is CCn1c(=O)c(N2CCN(C(=O)Nc3cc(Cl)ccc3C)CC2)nc2cccnc21. The molecule has 3 heterocycles. The van der Waals surface area contributed by atoms with Gasteiger partial charge < -0.3 is 15.1 Å². The molecular weight excluding hydrogens is 404 g/mol. The highest BCUT2D eigenvalue weighted by Gasteiger charge is 2.25. The molecular formula is C21H23ClN6O2. The Hall–Kier alpha value is -3.13. The fourth-order valence-electron chi connectivity index (χ4n) is 3.61. The van der Waals surface area contributed by atoms with Crippen molar-refractivity contribution in [3.63, 3.8) is 0 Å². The number of rotatable bonds is 3. The van der Waals surface area contributed by atoms with Crippen molar-refractivity contribution in [3.8, 4) is 0 Å². The van der Waals surface area contributed by atoms with Crippen molar-refractivity contribution >= 4 is 40.3 Å². The van der Waals surface area contributed by atoms with E-state index in [0.717, 1.165) is 5.56 Å².